The number of hydrogen-bond acceptors (Lipinski definition) is 4. The van der Waals surface area contributed by atoms with E-state index in [2.05, 4.69) is 40.4 Å². The van der Waals surface area contributed by atoms with E-state index < -0.39 is 0 Å². The average Bonchev–Trinajstić information content (AvgIpc) is 2.48. The van der Waals surface area contributed by atoms with Crippen LogP contribution in [0.25, 0.3) is 0 Å². The molecule has 0 saturated carbocycles. The van der Waals surface area contributed by atoms with Crippen LogP contribution in [0.1, 0.15) is 11.1 Å². The fourth-order valence-corrected chi connectivity index (χ4v) is 2.22. The minimum absolute atomic E-state index is 0.848. The number of nitrogens with zero attached hydrogens (tertiary/aromatic N) is 2. The number of ether oxygens (including phenoxy) is 1. The zero-order chi connectivity index (χ0) is 14.4. The third-order valence-electron chi connectivity index (χ3n) is 3.15. The van der Waals surface area contributed by atoms with Crippen molar-refractivity contribution in [3.8, 4) is 5.75 Å². The van der Waals surface area contributed by atoms with E-state index >= 15 is 0 Å². The summed E-state index contributed by atoms with van der Waals surface area (Å²) in [6.07, 6.45) is 1.80. The van der Waals surface area contributed by atoms with Crippen molar-refractivity contribution in [3.05, 3.63) is 53.7 Å². The van der Waals surface area contributed by atoms with Gasteiger partial charge in [-0.2, -0.15) is 0 Å². The Labute approximate surface area is 120 Å². The highest BCUT2D eigenvalue weighted by Gasteiger charge is 2.06. The highest BCUT2D eigenvalue weighted by molar-refractivity contribution is 5.42. The molecule has 1 aromatic heterocycles. The maximum absolute atomic E-state index is 5.25. The van der Waals surface area contributed by atoms with Gasteiger partial charge in [0.15, 0.2) is 0 Å². The maximum atomic E-state index is 5.25. The lowest BCUT2D eigenvalue weighted by atomic mass is 10.2. The molecule has 0 fully saturated rings. The molecule has 0 aliphatic heterocycles. The highest BCUT2D eigenvalue weighted by Crippen LogP contribution is 2.17. The van der Waals surface area contributed by atoms with Crippen molar-refractivity contribution in [2.24, 2.45) is 0 Å². The molecule has 106 valence electrons. The Kier molecular flexibility index (Phi) is 4.96. The zero-order valence-electron chi connectivity index (χ0n) is 12.3. The maximum Gasteiger partial charge on any atom is 0.130 e. The largest absolute Gasteiger partial charge is 0.497 e. The summed E-state index contributed by atoms with van der Waals surface area (Å²) in [4.78, 5) is 6.58. The number of nitrogens with one attached hydrogen (secondary N) is 1. The lowest BCUT2D eigenvalue weighted by Gasteiger charge is -2.18. The molecule has 0 aliphatic carbocycles. The van der Waals surface area contributed by atoms with Gasteiger partial charge in [-0.1, -0.05) is 18.2 Å². The first kappa shape index (κ1) is 14.3. The Balaban J connectivity index is 2.03. The number of aromatic nitrogens is 1. The van der Waals surface area contributed by atoms with Crippen LogP contribution in [0.3, 0.4) is 0 Å². The number of pyridine rings is 1. The molecular weight excluding hydrogens is 250 g/mol. The summed E-state index contributed by atoms with van der Waals surface area (Å²) in [5, 5.41) is 3.13. The first-order valence-corrected chi connectivity index (χ1v) is 6.66. The third kappa shape index (κ3) is 3.71. The van der Waals surface area contributed by atoms with Crippen molar-refractivity contribution >= 4 is 5.82 Å². The first-order chi connectivity index (χ1) is 9.72. The Bertz CT molecular complexity index is 557. The normalized spacial score (nSPS) is 10.6. The molecule has 20 heavy (non-hydrogen) atoms. The standard InChI is InChI=1S/C16H21N3O/c1-17-16-14(7-5-9-18-16)12-19(2)11-13-6-4-8-15(10-13)20-3/h4-10H,11-12H2,1-3H3,(H,17,18). The number of anilines is 1. The minimum atomic E-state index is 0.848. The van der Waals surface area contributed by atoms with Gasteiger partial charge in [0.1, 0.15) is 11.6 Å². The van der Waals surface area contributed by atoms with Crippen LogP contribution in [0.5, 0.6) is 5.75 Å². The smallest absolute Gasteiger partial charge is 0.130 e. The summed E-state index contributed by atoms with van der Waals surface area (Å²) in [5.74, 6) is 1.83. The number of rotatable bonds is 6. The van der Waals surface area contributed by atoms with Crippen LogP contribution < -0.4 is 10.1 Å². The lowest BCUT2D eigenvalue weighted by molar-refractivity contribution is 0.318. The molecule has 0 amide bonds. The number of hydrogen-bond donors (Lipinski definition) is 1. The fraction of sp³-hybridized carbons (Fsp3) is 0.312. The Morgan fingerprint density at radius 3 is 2.80 bits per heavy atom. The molecule has 0 aliphatic rings. The van der Waals surface area contributed by atoms with Gasteiger partial charge in [0.2, 0.25) is 0 Å². The van der Waals surface area contributed by atoms with Crippen molar-refractivity contribution in [2.45, 2.75) is 13.1 Å². The zero-order valence-corrected chi connectivity index (χ0v) is 12.3. The van der Waals surface area contributed by atoms with Crippen molar-refractivity contribution in [1.82, 2.24) is 9.88 Å². The van der Waals surface area contributed by atoms with Crippen molar-refractivity contribution in [1.29, 1.82) is 0 Å². The second kappa shape index (κ2) is 6.91. The van der Waals surface area contributed by atoms with Gasteiger partial charge in [0, 0.05) is 31.9 Å². The second-order valence-electron chi connectivity index (χ2n) is 4.78. The minimum Gasteiger partial charge on any atom is -0.497 e. The molecule has 0 atom stereocenters. The van der Waals surface area contributed by atoms with E-state index in [0.717, 1.165) is 24.7 Å². The third-order valence-corrected chi connectivity index (χ3v) is 3.15. The van der Waals surface area contributed by atoms with Crippen LogP contribution >= 0.6 is 0 Å². The van der Waals surface area contributed by atoms with Crippen molar-refractivity contribution in [2.75, 3.05) is 26.5 Å². The molecule has 0 saturated heterocycles. The number of benzene rings is 1. The van der Waals surface area contributed by atoms with Crippen LogP contribution in [0.2, 0.25) is 0 Å². The van der Waals surface area contributed by atoms with Gasteiger partial charge >= 0.3 is 0 Å². The molecule has 0 unspecified atom stereocenters. The van der Waals surface area contributed by atoms with Crippen molar-refractivity contribution < 1.29 is 4.74 Å². The lowest BCUT2D eigenvalue weighted by Crippen LogP contribution is -2.18. The van der Waals surface area contributed by atoms with Crippen LogP contribution in [-0.4, -0.2) is 31.1 Å². The molecule has 4 nitrogen and oxygen atoms in total. The summed E-state index contributed by atoms with van der Waals surface area (Å²) in [6.45, 7) is 1.72. The van der Waals surface area contributed by atoms with Gasteiger partial charge in [0.25, 0.3) is 0 Å². The number of methoxy groups -OCH3 is 1. The average molecular weight is 271 g/mol. The molecule has 2 rings (SSSR count). The van der Waals surface area contributed by atoms with Gasteiger partial charge in [-0.25, -0.2) is 4.98 Å². The van der Waals surface area contributed by atoms with Crippen molar-refractivity contribution in [3.63, 3.8) is 0 Å². The molecule has 4 heteroatoms. The predicted molar refractivity (Wildman–Crippen MR) is 81.9 cm³/mol. The molecule has 0 radical (unpaired) electrons. The second-order valence-corrected chi connectivity index (χ2v) is 4.78. The summed E-state index contributed by atoms with van der Waals surface area (Å²) in [7, 11) is 5.69. The quantitative estimate of drug-likeness (QED) is 0.876. The van der Waals surface area contributed by atoms with E-state index in [1.807, 2.05) is 25.2 Å². The van der Waals surface area contributed by atoms with Gasteiger partial charge in [-0.15, -0.1) is 0 Å². The van der Waals surface area contributed by atoms with E-state index in [4.69, 9.17) is 4.74 Å². The van der Waals surface area contributed by atoms with Gasteiger partial charge in [-0.3, -0.25) is 4.90 Å². The van der Waals surface area contributed by atoms with Gasteiger partial charge < -0.3 is 10.1 Å². The molecule has 0 bridgehead atoms. The predicted octanol–water partition coefficient (Wildman–Crippen LogP) is 2.76. The summed E-state index contributed by atoms with van der Waals surface area (Å²) in [6, 6.07) is 12.2. The Hall–Kier alpha value is -2.07. The summed E-state index contributed by atoms with van der Waals surface area (Å²) < 4.78 is 5.25. The Morgan fingerprint density at radius 1 is 1.20 bits per heavy atom. The molecule has 1 N–H and O–H groups in total. The van der Waals surface area contributed by atoms with E-state index in [1.54, 1.807) is 13.3 Å². The van der Waals surface area contributed by atoms with Crippen LogP contribution in [0.4, 0.5) is 5.82 Å². The molecule has 2 aromatic rings. The van der Waals surface area contributed by atoms with E-state index in [9.17, 15) is 0 Å². The molecule has 1 aromatic carbocycles. The van der Waals surface area contributed by atoms with Gasteiger partial charge in [0.05, 0.1) is 7.11 Å². The molecule has 1 heterocycles. The van der Waals surface area contributed by atoms with E-state index in [0.29, 0.717) is 0 Å². The molecule has 0 spiro atoms. The monoisotopic (exact) mass is 271 g/mol. The summed E-state index contributed by atoms with van der Waals surface area (Å²) in [5.41, 5.74) is 2.43. The van der Waals surface area contributed by atoms with E-state index in [-0.39, 0.29) is 0 Å². The first-order valence-electron chi connectivity index (χ1n) is 6.66. The topological polar surface area (TPSA) is 37.4 Å². The Morgan fingerprint density at radius 2 is 2.05 bits per heavy atom. The van der Waals surface area contributed by atoms with Crippen LogP contribution in [0.15, 0.2) is 42.6 Å². The van der Waals surface area contributed by atoms with Gasteiger partial charge in [-0.05, 0) is 30.8 Å². The van der Waals surface area contributed by atoms with Crippen LogP contribution in [0, 0.1) is 0 Å². The highest BCUT2D eigenvalue weighted by atomic mass is 16.5. The SMILES string of the molecule is CNc1ncccc1CN(C)Cc1cccc(OC)c1. The van der Waals surface area contributed by atoms with Crippen LogP contribution in [-0.2, 0) is 13.1 Å². The fourth-order valence-electron chi connectivity index (χ4n) is 2.22. The van der Waals surface area contributed by atoms with E-state index in [1.165, 1.54) is 11.1 Å². The molecular formula is C16H21N3O. The summed E-state index contributed by atoms with van der Waals surface area (Å²) >= 11 is 0.